The van der Waals surface area contributed by atoms with Crippen molar-refractivity contribution in [3.05, 3.63) is 0 Å². The van der Waals surface area contributed by atoms with E-state index in [2.05, 4.69) is 19.2 Å². The van der Waals surface area contributed by atoms with Gasteiger partial charge >= 0.3 is 0 Å². The standard InChI is InChI=1S/C10H21NO/c1-3-4-7-11-8-10-6-5-9(2)12-10/h9-11H,3-8H2,1-2H3. The highest BCUT2D eigenvalue weighted by Crippen LogP contribution is 2.17. The number of hydrogen-bond donors (Lipinski definition) is 1. The van der Waals surface area contributed by atoms with Crippen molar-refractivity contribution >= 4 is 0 Å². The molecule has 1 rings (SSSR count). The van der Waals surface area contributed by atoms with Crippen molar-refractivity contribution < 1.29 is 4.74 Å². The molecule has 0 radical (unpaired) electrons. The van der Waals surface area contributed by atoms with Gasteiger partial charge in [-0.25, -0.2) is 0 Å². The largest absolute Gasteiger partial charge is 0.374 e. The molecule has 2 atom stereocenters. The molecule has 1 N–H and O–H groups in total. The first-order valence-electron chi connectivity index (χ1n) is 5.19. The zero-order valence-corrected chi connectivity index (χ0v) is 8.31. The molecule has 0 amide bonds. The zero-order chi connectivity index (χ0) is 8.81. The summed E-state index contributed by atoms with van der Waals surface area (Å²) in [5.74, 6) is 0. The van der Waals surface area contributed by atoms with Gasteiger partial charge in [0.1, 0.15) is 0 Å². The van der Waals surface area contributed by atoms with Gasteiger partial charge in [0.15, 0.2) is 0 Å². The van der Waals surface area contributed by atoms with Gasteiger partial charge in [-0.3, -0.25) is 0 Å². The van der Waals surface area contributed by atoms with E-state index in [-0.39, 0.29) is 0 Å². The fourth-order valence-electron chi connectivity index (χ4n) is 1.60. The first-order chi connectivity index (χ1) is 5.83. The normalized spacial score (nSPS) is 29.5. The molecule has 0 aromatic carbocycles. The van der Waals surface area contributed by atoms with Crippen LogP contribution in [-0.2, 0) is 4.74 Å². The topological polar surface area (TPSA) is 21.3 Å². The molecule has 1 aliphatic rings. The molecule has 0 aliphatic carbocycles. The van der Waals surface area contributed by atoms with Gasteiger partial charge in [-0.2, -0.15) is 0 Å². The molecule has 1 saturated heterocycles. The Labute approximate surface area is 75.7 Å². The molecule has 0 spiro atoms. The maximum absolute atomic E-state index is 5.68. The van der Waals surface area contributed by atoms with Crippen LogP contribution in [-0.4, -0.2) is 25.3 Å². The monoisotopic (exact) mass is 171 g/mol. The molecule has 0 aromatic heterocycles. The summed E-state index contributed by atoms with van der Waals surface area (Å²) in [7, 11) is 0. The molecule has 1 fully saturated rings. The van der Waals surface area contributed by atoms with Crippen LogP contribution in [0.4, 0.5) is 0 Å². The molecule has 2 heteroatoms. The van der Waals surface area contributed by atoms with Gasteiger partial charge in [0.25, 0.3) is 0 Å². The number of hydrogen-bond acceptors (Lipinski definition) is 2. The van der Waals surface area contributed by atoms with Crippen LogP contribution in [0, 0.1) is 0 Å². The highest BCUT2D eigenvalue weighted by atomic mass is 16.5. The fourth-order valence-corrected chi connectivity index (χ4v) is 1.60. The highest BCUT2D eigenvalue weighted by Gasteiger charge is 2.20. The van der Waals surface area contributed by atoms with Crippen molar-refractivity contribution in [1.82, 2.24) is 5.32 Å². The third-order valence-corrected chi connectivity index (χ3v) is 2.40. The Hall–Kier alpha value is -0.0800. The molecule has 1 aliphatic heterocycles. The van der Waals surface area contributed by atoms with Crippen LogP contribution in [0.3, 0.4) is 0 Å². The second-order valence-corrected chi connectivity index (χ2v) is 3.70. The van der Waals surface area contributed by atoms with E-state index in [0.717, 1.165) is 13.1 Å². The lowest BCUT2D eigenvalue weighted by Crippen LogP contribution is -2.27. The van der Waals surface area contributed by atoms with Crippen LogP contribution in [0.2, 0.25) is 0 Å². The number of rotatable bonds is 5. The Morgan fingerprint density at radius 1 is 1.42 bits per heavy atom. The van der Waals surface area contributed by atoms with Gasteiger partial charge in [0.2, 0.25) is 0 Å². The molecule has 2 nitrogen and oxygen atoms in total. The van der Waals surface area contributed by atoms with E-state index in [4.69, 9.17) is 4.74 Å². The van der Waals surface area contributed by atoms with Crippen LogP contribution in [0.1, 0.15) is 39.5 Å². The Morgan fingerprint density at radius 3 is 2.83 bits per heavy atom. The molecule has 2 unspecified atom stereocenters. The van der Waals surface area contributed by atoms with Gasteiger partial charge < -0.3 is 10.1 Å². The predicted octanol–water partition coefficient (Wildman–Crippen LogP) is 1.94. The minimum absolute atomic E-state index is 0.483. The van der Waals surface area contributed by atoms with Gasteiger partial charge in [0.05, 0.1) is 12.2 Å². The first kappa shape index (κ1) is 10.0. The van der Waals surface area contributed by atoms with Gasteiger partial charge in [-0.05, 0) is 32.7 Å². The fraction of sp³-hybridized carbons (Fsp3) is 1.00. The molecular formula is C10H21NO. The van der Waals surface area contributed by atoms with Crippen molar-refractivity contribution in [2.45, 2.75) is 51.7 Å². The molecule has 72 valence electrons. The second-order valence-electron chi connectivity index (χ2n) is 3.70. The minimum atomic E-state index is 0.483. The molecule has 12 heavy (non-hydrogen) atoms. The Bertz CT molecular complexity index is 116. The number of unbranched alkanes of at least 4 members (excludes halogenated alkanes) is 1. The van der Waals surface area contributed by atoms with Crippen LogP contribution >= 0.6 is 0 Å². The van der Waals surface area contributed by atoms with Gasteiger partial charge in [0, 0.05) is 6.54 Å². The lowest BCUT2D eigenvalue weighted by molar-refractivity contribution is 0.0561. The van der Waals surface area contributed by atoms with Crippen molar-refractivity contribution in [3.63, 3.8) is 0 Å². The van der Waals surface area contributed by atoms with Crippen molar-refractivity contribution in [2.24, 2.45) is 0 Å². The van der Waals surface area contributed by atoms with Crippen molar-refractivity contribution in [2.75, 3.05) is 13.1 Å². The molecular weight excluding hydrogens is 150 g/mol. The summed E-state index contributed by atoms with van der Waals surface area (Å²) in [6.45, 7) is 6.57. The first-order valence-corrected chi connectivity index (χ1v) is 5.19. The van der Waals surface area contributed by atoms with Crippen LogP contribution in [0.25, 0.3) is 0 Å². The molecule has 0 saturated carbocycles. The molecule has 0 bridgehead atoms. The third kappa shape index (κ3) is 3.55. The maximum Gasteiger partial charge on any atom is 0.0704 e. The quantitative estimate of drug-likeness (QED) is 0.638. The van der Waals surface area contributed by atoms with E-state index in [1.165, 1.54) is 25.7 Å². The van der Waals surface area contributed by atoms with E-state index < -0.39 is 0 Å². The lowest BCUT2D eigenvalue weighted by atomic mass is 10.2. The summed E-state index contributed by atoms with van der Waals surface area (Å²) in [6, 6.07) is 0. The third-order valence-electron chi connectivity index (χ3n) is 2.40. The van der Waals surface area contributed by atoms with Crippen molar-refractivity contribution in [3.8, 4) is 0 Å². The second kappa shape index (κ2) is 5.55. The number of ether oxygens (including phenoxy) is 1. The smallest absolute Gasteiger partial charge is 0.0704 e. The van der Waals surface area contributed by atoms with Gasteiger partial charge in [-0.15, -0.1) is 0 Å². The van der Waals surface area contributed by atoms with E-state index in [0.29, 0.717) is 12.2 Å². The summed E-state index contributed by atoms with van der Waals surface area (Å²) < 4.78 is 5.68. The van der Waals surface area contributed by atoms with E-state index in [1.807, 2.05) is 0 Å². The van der Waals surface area contributed by atoms with Crippen LogP contribution in [0.15, 0.2) is 0 Å². The summed E-state index contributed by atoms with van der Waals surface area (Å²) >= 11 is 0. The summed E-state index contributed by atoms with van der Waals surface area (Å²) in [5, 5.41) is 3.42. The summed E-state index contributed by atoms with van der Waals surface area (Å²) in [4.78, 5) is 0. The summed E-state index contributed by atoms with van der Waals surface area (Å²) in [6.07, 6.45) is 6.00. The Morgan fingerprint density at radius 2 is 2.25 bits per heavy atom. The van der Waals surface area contributed by atoms with E-state index in [9.17, 15) is 0 Å². The Kier molecular flexibility index (Phi) is 4.62. The number of nitrogens with one attached hydrogen (secondary N) is 1. The average Bonchev–Trinajstić information content (AvgIpc) is 2.45. The van der Waals surface area contributed by atoms with Crippen LogP contribution < -0.4 is 5.32 Å². The van der Waals surface area contributed by atoms with Crippen LogP contribution in [0.5, 0.6) is 0 Å². The van der Waals surface area contributed by atoms with E-state index in [1.54, 1.807) is 0 Å². The SMILES string of the molecule is CCCCNCC1CCC(C)O1. The highest BCUT2D eigenvalue weighted by molar-refractivity contribution is 4.72. The lowest BCUT2D eigenvalue weighted by Gasteiger charge is -2.11. The summed E-state index contributed by atoms with van der Waals surface area (Å²) in [5.41, 5.74) is 0. The van der Waals surface area contributed by atoms with E-state index >= 15 is 0 Å². The molecule has 1 heterocycles. The van der Waals surface area contributed by atoms with Gasteiger partial charge in [-0.1, -0.05) is 13.3 Å². The average molecular weight is 171 g/mol. The van der Waals surface area contributed by atoms with Crippen molar-refractivity contribution in [1.29, 1.82) is 0 Å². The zero-order valence-electron chi connectivity index (χ0n) is 8.31. The minimum Gasteiger partial charge on any atom is -0.374 e. The Balaban J connectivity index is 1.93. The predicted molar refractivity (Wildman–Crippen MR) is 51.3 cm³/mol. The maximum atomic E-state index is 5.68. The molecule has 0 aromatic rings.